The zero-order chi connectivity index (χ0) is 27.2. The molecule has 7 nitrogen and oxygen atoms in total. The van der Waals surface area contributed by atoms with Crippen LogP contribution >= 0.6 is 11.6 Å². The SMILES string of the molecule is Cc1cc(C)c(CN2CCc3c(Cl)c4c(c(C)c3C2=O)OC(C)(C23CCC(N(C)C)(CC2)CC3)O4)c(=O)[nH]1. The van der Waals surface area contributed by atoms with Gasteiger partial charge in [0.1, 0.15) is 0 Å². The minimum atomic E-state index is -0.818. The molecule has 1 atom stereocenters. The molecule has 3 aliphatic carbocycles. The van der Waals surface area contributed by atoms with Crippen LogP contribution in [-0.2, 0) is 13.0 Å². The van der Waals surface area contributed by atoms with Gasteiger partial charge in [0.15, 0.2) is 11.5 Å². The largest absolute Gasteiger partial charge is 0.448 e. The highest BCUT2D eigenvalue weighted by Crippen LogP contribution is 2.63. The molecule has 204 valence electrons. The minimum Gasteiger partial charge on any atom is -0.448 e. The number of amides is 1. The number of carbonyl (C=O) groups is 1. The third kappa shape index (κ3) is 3.50. The van der Waals surface area contributed by atoms with Crippen LogP contribution in [-0.4, -0.2) is 52.7 Å². The Hall–Kier alpha value is -2.51. The fourth-order valence-corrected chi connectivity index (χ4v) is 7.98. The number of nitrogens with one attached hydrogen (secondary N) is 1. The molecular formula is C30H38ClN3O4. The summed E-state index contributed by atoms with van der Waals surface area (Å²) in [5.41, 5.74) is 4.56. The number of rotatable bonds is 4. The van der Waals surface area contributed by atoms with Gasteiger partial charge in [0.05, 0.1) is 17.1 Å². The van der Waals surface area contributed by atoms with Crippen molar-refractivity contribution in [3.05, 3.63) is 55.0 Å². The van der Waals surface area contributed by atoms with Crippen LogP contribution in [0.15, 0.2) is 10.9 Å². The van der Waals surface area contributed by atoms with E-state index in [1.54, 1.807) is 4.90 Å². The summed E-state index contributed by atoms with van der Waals surface area (Å²) >= 11 is 6.98. The van der Waals surface area contributed by atoms with E-state index < -0.39 is 5.79 Å². The molecule has 0 saturated heterocycles. The Balaban J connectivity index is 1.32. The van der Waals surface area contributed by atoms with Crippen LogP contribution in [0.4, 0.5) is 0 Å². The van der Waals surface area contributed by atoms with Gasteiger partial charge in [-0.3, -0.25) is 9.59 Å². The molecule has 5 aliphatic rings. The fourth-order valence-electron chi connectivity index (χ4n) is 7.67. The number of pyridine rings is 1. The summed E-state index contributed by atoms with van der Waals surface area (Å²) in [7, 11) is 4.39. The molecule has 2 aliphatic heterocycles. The molecule has 38 heavy (non-hydrogen) atoms. The van der Waals surface area contributed by atoms with E-state index in [4.69, 9.17) is 21.1 Å². The van der Waals surface area contributed by atoms with E-state index >= 15 is 0 Å². The standard InChI is InChI=1S/C30H38ClN3O4/c1-17-15-18(2)32-26(35)21(17)16-34-14-7-20-22(27(34)36)19(3)24-25(23(20)31)38-28(4,37-24)29-8-11-30(12-9-29,13-10-29)33(5)6/h15H,7-14,16H2,1-6H3,(H,32,35). The number of aryl methyl sites for hydroxylation is 2. The van der Waals surface area contributed by atoms with E-state index in [0.29, 0.717) is 40.6 Å². The Kier molecular flexibility index (Phi) is 5.76. The molecular weight excluding hydrogens is 502 g/mol. The van der Waals surface area contributed by atoms with E-state index in [9.17, 15) is 9.59 Å². The molecule has 0 spiro atoms. The van der Waals surface area contributed by atoms with E-state index in [1.807, 2.05) is 26.8 Å². The highest BCUT2D eigenvalue weighted by atomic mass is 35.5. The van der Waals surface area contributed by atoms with Crippen molar-refractivity contribution in [3.8, 4) is 11.5 Å². The molecule has 7 rings (SSSR count). The van der Waals surface area contributed by atoms with Crippen molar-refractivity contribution in [2.45, 2.75) is 90.5 Å². The van der Waals surface area contributed by atoms with E-state index in [0.717, 1.165) is 60.9 Å². The van der Waals surface area contributed by atoms with Crippen molar-refractivity contribution >= 4 is 17.5 Å². The van der Waals surface area contributed by atoms with Crippen molar-refractivity contribution in [2.24, 2.45) is 5.41 Å². The summed E-state index contributed by atoms with van der Waals surface area (Å²) in [6.45, 7) is 8.53. The number of halogens is 1. The zero-order valence-corrected chi connectivity index (χ0v) is 24.1. The molecule has 0 radical (unpaired) electrons. The molecule has 3 fully saturated rings. The lowest BCUT2D eigenvalue weighted by molar-refractivity contribution is -0.211. The van der Waals surface area contributed by atoms with Gasteiger partial charge < -0.3 is 24.3 Å². The summed E-state index contributed by atoms with van der Waals surface area (Å²) in [5, 5.41) is 0.493. The van der Waals surface area contributed by atoms with E-state index in [1.165, 1.54) is 0 Å². The third-order valence-corrected chi connectivity index (χ3v) is 10.8. The average molecular weight is 540 g/mol. The van der Waals surface area contributed by atoms with Crippen LogP contribution in [0, 0.1) is 26.2 Å². The highest BCUT2D eigenvalue weighted by molar-refractivity contribution is 6.34. The molecule has 1 aromatic carbocycles. The number of aromatic nitrogens is 1. The zero-order valence-electron chi connectivity index (χ0n) is 23.3. The monoisotopic (exact) mass is 539 g/mol. The lowest BCUT2D eigenvalue weighted by atomic mass is 9.54. The van der Waals surface area contributed by atoms with Gasteiger partial charge >= 0.3 is 0 Å². The van der Waals surface area contributed by atoms with Crippen molar-refractivity contribution in [2.75, 3.05) is 20.6 Å². The number of H-pyrrole nitrogens is 1. The smallest absolute Gasteiger partial charge is 0.254 e. The average Bonchev–Trinajstić information content (AvgIpc) is 3.26. The number of hydrogen-bond acceptors (Lipinski definition) is 5. The van der Waals surface area contributed by atoms with E-state index in [-0.39, 0.29) is 29.0 Å². The van der Waals surface area contributed by atoms with Crippen molar-refractivity contribution in [1.82, 2.24) is 14.8 Å². The van der Waals surface area contributed by atoms with Gasteiger partial charge in [0, 0.05) is 41.2 Å². The Morgan fingerprint density at radius 3 is 2.26 bits per heavy atom. The summed E-state index contributed by atoms with van der Waals surface area (Å²) in [5.74, 6) is 0.248. The quantitative estimate of drug-likeness (QED) is 0.571. The van der Waals surface area contributed by atoms with Crippen molar-refractivity contribution in [3.63, 3.8) is 0 Å². The van der Waals surface area contributed by atoms with Crippen LogP contribution in [0.3, 0.4) is 0 Å². The first kappa shape index (κ1) is 25.8. The summed E-state index contributed by atoms with van der Waals surface area (Å²) in [6.07, 6.45) is 7.13. The molecule has 1 aromatic heterocycles. The molecule has 2 aromatic rings. The molecule has 1 N–H and O–H groups in total. The normalized spacial score (nSPS) is 29.8. The van der Waals surface area contributed by atoms with Gasteiger partial charge in [-0.25, -0.2) is 0 Å². The lowest BCUT2D eigenvalue weighted by Gasteiger charge is -2.59. The number of benzene rings is 1. The molecule has 3 saturated carbocycles. The first-order valence-corrected chi connectivity index (χ1v) is 14.2. The topological polar surface area (TPSA) is 74.9 Å². The fraction of sp³-hybridized carbons (Fsp3) is 0.600. The number of hydrogen-bond donors (Lipinski definition) is 1. The molecule has 1 amide bonds. The lowest BCUT2D eigenvalue weighted by Crippen LogP contribution is -2.62. The predicted octanol–water partition coefficient (Wildman–Crippen LogP) is 5.29. The number of aromatic amines is 1. The first-order valence-electron chi connectivity index (χ1n) is 13.8. The minimum absolute atomic E-state index is 0.0832. The maximum atomic E-state index is 13.8. The van der Waals surface area contributed by atoms with Crippen molar-refractivity contribution < 1.29 is 14.3 Å². The van der Waals surface area contributed by atoms with E-state index in [2.05, 4.69) is 30.9 Å². The predicted molar refractivity (Wildman–Crippen MR) is 147 cm³/mol. The molecule has 3 heterocycles. The second-order valence-corrected chi connectivity index (χ2v) is 12.8. The Morgan fingerprint density at radius 2 is 1.66 bits per heavy atom. The van der Waals surface area contributed by atoms with Gasteiger partial charge in [0.2, 0.25) is 0 Å². The Bertz CT molecular complexity index is 1390. The maximum absolute atomic E-state index is 13.8. The number of nitrogens with zero attached hydrogens (tertiary/aromatic N) is 2. The molecule has 8 heteroatoms. The van der Waals surface area contributed by atoms with Crippen LogP contribution in [0.5, 0.6) is 11.5 Å². The van der Waals surface area contributed by atoms with Gasteiger partial charge in [-0.2, -0.15) is 0 Å². The Labute approximate surface area is 229 Å². The van der Waals surface area contributed by atoms with Crippen LogP contribution in [0.25, 0.3) is 0 Å². The first-order chi connectivity index (χ1) is 17.9. The van der Waals surface area contributed by atoms with Gasteiger partial charge in [-0.15, -0.1) is 0 Å². The second kappa shape index (κ2) is 8.49. The molecule has 1 unspecified atom stereocenters. The summed E-state index contributed by atoms with van der Waals surface area (Å²) < 4.78 is 13.4. The van der Waals surface area contributed by atoms with Gasteiger partial charge in [-0.05, 0) is 97.0 Å². The van der Waals surface area contributed by atoms with Crippen LogP contribution < -0.4 is 15.0 Å². The van der Waals surface area contributed by atoms with Crippen molar-refractivity contribution in [1.29, 1.82) is 0 Å². The van der Waals surface area contributed by atoms with Crippen LogP contribution in [0.2, 0.25) is 5.02 Å². The third-order valence-electron chi connectivity index (χ3n) is 10.4. The number of ether oxygens (including phenoxy) is 2. The number of carbonyl (C=O) groups excluding carboxylic acids is 1. The summed E-state index contributed by atoms with van der Waals surface area (Å²) in [4.78, 5) is 33.5. The van der Waals surface area contributed by atoms with Gasteiger partial charge in [0.25, 0.3) is 17.3 Å². The van der Waals surface area contributed by atoms with Gasteiger partial charge in [-0.1, -0.05) is 11.6 Å². The summed E-state index contributed by atoms with van der Waals surface area (Å²) in [6, 6.07) is 1.94. The maximum Gasteiger partial charge on any atom is 0.254 e. The Morgan fingerprint density at radius 1 is 1.03 bits per heavy atom. The molecule has 2 bridgehead atoms. The second-order valence-electron chi connectivity index (χ2n) is 12.4. The highest BCUT2D eigenvalue weighted by Gasteiger charge is 2.62. The number of fused-ring (bicyclic) bond motifs is 5. The van der Waals surface area contributed by atoms with Crippen LogP contribution in [0.1, 0.15) is 83.8 Å².